The molecule has 0 aliphatic carbocycles. The van der Waals surface area contributed by atoms with Crippen molar-refractivity contribution in [2.24, 2.45) is 17.6 Å². The van der Waals surface area contributed by atoms with Crippen LogP contribution in [0.1, 0.15) is 65.6 Å². The first kappa shape index (κ1) is 19.2. The quantitative estimate of drug-likeness (QED) is 0.798. The summed E-state index contributed by atoms with van der Waals surface area (Å²) in [6.45, 7) is 18.8. The van der Waals surface area contributed by atoms with E-state index in [9.17, 15) is 0 Å². The molecule has 126 valence electrons. The first-order chi connectivity index (χ1) is 10.1. The Hall–Kier alpha value is -0.860. The van der Waals surface area contributed by atoms with Crippen LogP contribution >= 0.6 is 0 Å². The van der Waals surface area contributed by atoms with Crippen LogP contribution in [0.15, 0.2) is 24.3 Å². The van der Waals surface area contributed by atoms with E-state index in [0.717, 1.165) is 13.1 Å². The van der Waals surface area contributed by atoms with Crippen LogP contribution in [0, 0.1) is 11.8 Å². The highest BCUT2D eigenvalue weighted by atomic mass is 15.2. The Bertz CT molecular complexity index is 416. The molecule has 0 fully saturated rings. The van der Waals surface area contributed by atoms with Gasteiger partial charge >= 0.3 is 0 Å². The summed E-state index contributed by atoms with van der Waals surface area (Å²) >= 11 is 0. The summed E-state index contributed by atoms with van der Waals surface area (Å²) < 4.78 is 0. The second-order valence-corrected chi connectivity index (χ2v) is 8.37. The average Bonchev–Trinajstić information content (AvgIpc) is 2.37. The first-order valence-corrected chi connectivity index (χ1v) is 8.69. The van der Waals surface area contributed by atoms with Crippen molar-refractivity contribution in [3.63, 3.8) is 0 Å². The smallest absolute Gasteiger partial charge is 0.0470 e. The van der Waals surface area contributed by atoms with Crippen molar-refractivity contribution in [3.05, 3.63) is 35.4 Å². The lowest BCUT2D eigenvalue weighted by Crippen LogP contribution is -2.38. The van der Waals surface area contributed by atoms with Crippen LogP contribution in [0.5, 0.6) is 0 Å². The van der Waals surface area contributed by atoms with Crippen LogP contribution in [-0.4, -0.2) is 24.5 Å². The molecule has 0 amide bonds. The van der Waals surface area contributed by atoms with Gasteiger partial charge in [-0.25, -0.2) is 0 Å². The Morgan fingerprint density at radius 1 is 0.909 bits per heavy atom. The molecule has 0 saturated heterocycles. The molecule has 0 spiro atoms. The van der Waals surface area contributed by atoms with Crippen LogP contribution in [-0.2, 0) is 5.41 Å². The van der Waals surface area contributed by atoms with Gasteiger partial charge in [-0.15, -0.1) is 0 Å². The maximum Gasteiger partial charge on any atom is 0.0470 e. The Kier molecular flexibility index (Phi) is 7.08. The Morgan fingerprint density at radius 2 is 1.36 bits per heavy atom. The molecule has 0 aliphatic heterocycles. The van der Waals surface area contributed by atoms with Crippen molar-refractivity contribution in [2.45, 2.75) is 59.9 Å². The lowest BCUT2D eigenvalue weighted by molar-refractivity contribution is 0.160. The standard InChI is InChI=1S/C20H36N2/c1-15(2)13-22(14-16(3)4)19(12-21)17-8-10-18(11-9-17)20(5,6)7/h8-11,15-16,19H,12-14,21H2,1-7H3. The second-order valence-electron chi connectivity index (χ2n) is 8.37. The summed E-state index contributed by atoms with van der Waals surface area (Å²) in [5.74, 6) is 1.31. The number of nitrogens with zero attached hydrogens (tertiary/aromatic N) is 1. The van der Waals surface area contributed by atoms with E-state index in [0.29, 0.717) is 24.4 Å². The zero-order valence-corrected chi connectivity index (χ0v) is 15.7. The minimum absolute atomic E-state index is 0.201. The third kappa shape index (κ3) is 5.73. The molecule has 2 N–H and O–H groups in total. The molecule has 1 atom stereocenters. The van der Waals surface area contributed by atoms with Gasteiger partial charge < -0.3 is 5.73 Å². The molecule has 1 rings (SSSR count). The lowest BCUT2D eigenvalue weighted by Gasteiger charge is -2.34. The van der Waals surface area contributed by atoms with Gasteiger partial charge in [0.2, 0.25) is 0 Å². The minimum Gasteiger partial charge on any atom is -0.329 e. The molecule has 1 aromatic carbocycles. The van der Waals surface area contributed by atoms with E-state index in [-0.39, 0.29) is 5.41 Å². The van der Waals surface area contributed by atoms with Gasteiger partial charge in [0.15, 0.2) is 0 Å². The molecule has 0 saturated carbocycles. The third-order valence-corrected chi connectivity index (χ3v) is 4.02. The molecule has 1 aromatic rings. The van der Waals surface area contributed by atoms with Crippen LogP contribution < -0.4 is 5.73 Å². The number of rotatable bonds is 7. The lowest BCUT2D eigenvalue weighted by atomic mass is 9.86. The summed E-state index contributed by atoms with van der Waals surface area (Å²) in [7, 11) is 0. The molecule has 0 aliphatic rings. The van der Waals surface area contributed by atoms with Crippen molar-refractivity contribution < 1.29 is 0 Å². The van der Waals surface area contributed by atoms with Gasteiger partial charge in [-0.05, 0) is 28.4 Å². The molecule has 2 nitrogen and oxygen atoms in total. The van der Waals surface area contributed by atoms with E-state index in [2.05, 4.69) is 77.6 Å². The molecular formula is C20H36N2. The zero-order valence-electron chi connectivity index (χ0n) is 15.7. The number of benzene rings is 1. The third-order valence-electron chi connectivity index (χ3n) is 4.02. The van der Waals surface area contributed by atoms with Gasteiger partial charge in [-0.2, -0.15) is 0 Å². The average molecular weight is 305 g/mol. The Balaban J connectivity index is 3.00. The fraction of sp³-hybridized carbons (Fsp3) is 0.700. The highest BCUT2D eigenvalue weighted by molar-refractivity contribution is 5.29. The van der Waals surface area contributed by atoms with Gasteiger partial charge in [0.1, 0.15) is 0 Å². The molecule has 0 bridgehead atoms. The molecule has 2 heteroatoms. The van der Waals surface area contributed by atoms with Crippen molar-refractivity contribution in [1.29, 1.82) is 0 Å². The zero-order chi connectivity index (χ0) is 16.9. The highest BCUT2D eigenvalue weighted by Crippen LogP contribution is 2.26. The van der Waals surface area contributed by atoms with Crippen LogP contribution in [0.2, 0.25) is 0 Å². The van der Waals surface area contributed by atoms with Gasteiger partial charge in [0.25, 0.3) is 0 Å². The molecule has 1 unspecified atom stereocenters. The molecule has 0 aromatic heterocycles. The van der Waals surface area contributed by atoms with Crippen LogP contribution in [0.25, 0.3) is 0 Å². The summed E-state index contributed by atoms with van der Waals surface area (Å²) in [5.41, 5.74) is 9.07. The molecule has 22 heavy (non-hydrogen) atoms. The normalized spacial score (nSPS) is 14.1. The number of nitrogens with two attached hydrogens (primary N) is 1. The SMILES string of the molecule is CC(C)CN(CC(C)C)C(CN)c1ccc(C(C)(C)C)cc1. The summed E-state index contributed by atoms with van der Waals surface area (Å²) in [5, 5.41) is 0. The van der Waals surface area contributed by atoms with Crippen molar-refractivity contribution in [3.8, 4) is 0 Å². The van der Waals surface area contributed by atoms with Crippen molar-refractivity contribution in [1.82, 2.24) is 4.90 Å². The summed E-state index contributed by atoms with van der Waals surface area (Å²) in [4.78, 5) is 2.56. The van der Waals surface area contributed by atoms with E-state index in [1.54, 1.807) is 0 Å². The van der Waals surface area contributed by atoms with E-state index in [1.807, 2.05) is 0 Å². The van der Waals surface area contributed by atoms with Gasteiger partial charge in [-0.3, -0.25) is 4.90 Å². The van der Waals surface area contributed by atoms with E-state index in [1.165, 1.54) is 11.1 Å². The maximum absolute atomic E-state index is 6.14. The largest absolute Gasteiger partial charge is 0.329 e. The predicted molar refractivity (Wildman–Crippen MR) is 98.2 cm³/mol. The fourth-order valence-corrected chi connectivity index (χ4v) is 2.97. The fourth-order valence-electron chi connectivity index (χ4n) is 2.97. The van der Waals surface area contributed by atoms with Crippen LogP contribution in [0.3, 0.4) is 0 Å². The molecule has 0 radical (unpaired) electrons. The number of hydrogen-bond donors (Lipinski definition) is 1. The van der Waals surface area contributed by atoms with Gasteiger partial charge in [0.05, 0.1) is 0 Å². The van der Waals surface area contributed by atoms with Gasteiger partial charge in [0, 0.05) is 25.7 Å². The highest BCUT2D eigenvalue weighted by Gasteiger charge is 2.21. The summed E-state index contributed by atoms with van der Waals surface area (Å²) in [6, 6.07) is 9.39. The van der Waals surface area contributed by atoms with Crippen molar-refractivity contribution >= 4 is 0 Å². The van der Waals surface area contributed by atoms with Crippen molar-refractivity contribution in [2.75, 3.05) is 19.6 Å². The monoisotopic (exact) mass is 304 g/mol. The molecular weight excluding hydrogens is 268 g/mol. The van der Waals surface area contributed by atoms with Crippen LogP contribution in [0.4, 0.5) is 0 Å². The topological polar surface area (TPSA) is 29.3 Å². The predicted octanol–water partition coefficient (Wildman–Crippen LogP) is 4.60. The summed E-state index contributed by atoms with van der Waals surface area (Å²) in [6.07, 6.45) is 0. The minimum atomic E-state index is 0.201. The van der Waals surface area contributed by atoms with E-state index >= 15 is 0 Å². The van der Waals surface area contributed by atoms with Gasteiger partial charge in [-0.1, -0.05) is 72.7 Å². The van der Waals surface area contributed by atoms with E-state index in [4.69, 9.17) is 5.73 Å². The number of hydrogen-bond acceptors (Lipinski definition) is 2. The maximum atomic E-state index is 6.14. The Labute approximate surface area is 138 Å². The second kappa shape index (κ2) is 8.12. The van der Waals surface area contributed by atoms with E-state index < -0.39 is 0 Å². The first-order valence-electron chi connectivity index (χ1n) is 8.69. The molecule has 0 heterocycles. The Morgan fingerprint density at radius 3 is 1.68 bits per heavy atom.